The molecule has 0 amide bonds. The first-order valence-corrected chi connectivity index (χ1v) is 9.26. The molecule has 2 saturated heterocycles. The van der Waals surface area contributed by atoms with Crippen molar-refractivity contribution in [1.82, 2.24) is 4.90 Å². The molecule has 0 aromatic carbocycles. The molecule has 2 heterocycles. The van der Waals surface area contributed by atoms with Crippen molar-refractivity contribution >= 4 is 20.6 Å². The van der Waals surface area contributed by atoms with Gasteiger partial charge in [-0.05, 0) is 31.5 Å². The number of likely N-dealkylation sites (tertiary alicyclic amines) is 1. The molecular formula is C14H19F2NS2. The lowest BCUT2D eigenvalue weighted by Gasteiger charge is -2.38. The zero-order chi connectivity index (χ0) is 13.8. The van der Waals surface area contributed by atoms with Crippen LogP contribution in [0, 0.1) is 11.8 Å². The molecule has 0 aromatic heterocycles. The van der Waals surface area contributed by atoms with E-state index in [9.17, 15) is 0 Å². The van der Waals surface area contributed by atoms with Gasteiger partial charge in [-0.25, -0.2) is 8.78 Å². The SMILES string of the molecule is CC(C)N1CC2(F)C3C=CC(C3)C2(F)C12C(C)S2=S. The maximum Gasteiger partial charge on any atom is 0.181 e. The molecule has 4 aliphatic rings. The monoisotopic (exact) mass is 303 g/mol. The van der Waals surface area contributed by atoms with Crippen LogP contribution in [0.3, 0.4) is 0 Å². The third-order valence-electron chi connectivity index (χ3n) is 5.88. The fourth-order valence-electron chi connectivity index (χ4n) is 4.99. The van der Waals surface area contributed by atoms with E-state index in [1.807, 2.05) is 32.9 Å². The lowest BCUT2D eigenvalue weighted by Crippen LogP contribution is -2.57. The van der Waals surface area contributed by atoms with Crippen molar-refractivity contribution in [1.29, 1.82) is 0 Å². The number of halogens is 2. The topological polar surface area (TPSA) is 3.24 Å². The minimum absolute atomic E-state index is 0.0975. The molecule has 2 bridgehead atoms. The molecule has 4 rings (SSSR count). The van der Waals surface area contributed by atoms with Crippen molar-refractivity contribution in [2.75, 3.05) is 6.54 Å². The van der Waals surface area contributed by atoms with Crippen LogP contribution in [-0.2, 0) is 20.6 Å². The van der Waals surface area contributed by atoms with Crippen molar-refractivity contribution in [3.8, 4) is 0 Å². The zero-order valence-electron chi connectivity index (χ0n) is 11.4. The Hall–Kier alpha value is 0.130. The smallest absolute Gasteiger partial charge is 0.181 e. The van der Waals surface area contributed by atoms with Crippen LogP contribution in [0.4, 0.5) is 8.78 Å². The van der Waals surface area contributed by atoms with E-state index in [0.717, 1.165) is 0 Å². The number of alkyl halides is 2. The van der Waals surface area contributed by atoms with Gasteiger partial charge in [0, 0.05) is 29.7 Å². The lowest BCUT2D eigenvalue weighted by molar-refractivity contribution is -0.0296. The molecule has 7 atom stereocenters. The molecule has 0 aromatic rings. The van der Waals surface area contributed by atoms with E-state index >= 15 is 8.78 Å². The van der Waals surface area contributed by atoms with Crippen LogP contribution in [-0.4, -0.2) is 38.9 Å². The van der Waals surface area contributed by atoms with E-state index in [1.54, 1.807) is 0 Å². The largest absolute Gasteiger partial charge is 0.279 e. The summed E-state index contributed by atoms with van der Waals surface area (Å²) in [5, 5.41) is 0.0975. The Labute approximate surface area is 120 Å². The van der Waals surface area contributed by atoms with Crippen LogP contribution in [0.15, 0.2) is 12.2 Å². The lowest BCUT2D eigenvalue weighted by atomic mass is 9.76. The Bertz CT molecular complexity index is 522. The summed E-state index contributed by atoms with van der Waals surface area (Å²) < 4.78 is 31.6. The van der Waals surface area contributed by atoms with Crippen molar-refractivity contribution in [2.24, 2.45) is 11.8 Å². The normalized spacial score (nSPS) is 62.4. The molecule has 2 aliphatic carbocycles. The van der Waals surface area contributed by atoms with Gasteiger partial charge in [0.1, 0.15) is 4.87 Å². The van der Waals surface area contributed by atoms with Crippen LogP contribution in [0.2, 0.25) is 0 Å². The quantitative estimate of drug-likeness (QED) is 0.541. The molecule has 1 spiro atoms. The predicted molar refractivity (Wildman–Crippen MR) is 77.2 cm³/mol. The highest BCUT2D eigenvalue weighted by molar-refractivity contribution is 8.34. The van der Waals surface area contributed by atoms with Gasteiger partial charge in [-0.1, -0.05) is 28.5 Å². The first-order chi connectivity index (χ1) is 8.81. The standard InChI is InChI=1S/C14H19F2NS2/c1-8(2)17-7-12(15)10-4-5-11(6-10)13(12,16)14(17)9(3)19(14)18/h4-5,8-11H,6-7H2,1-3H3. The summed E-state index contributed by atoms with van der Waals surface area (Å²) in [6, 6.07) is 0.146. The summed E-state index contributed by atoms with van der Waals surface area (Å²) in [7, 11) is -0.458. The number of hydrogen-bond acceptors (Lipinski definition) is 2. The molecular weight excluding hydrogens is 284 g/mol. The summed E-state index contributed by atoms with van der Waals surface area (Å²) in [4.78, 5) is 1.34. The summed E-state index contributed by atoms with van der Waals surface area (Å²) in [6.45, 7) is 6.29. The van der Waals surface area contributed by atoms with Crippen molar-refractivity contribution in [3.63, 3.8) is 0 Å². The predicted octanol–water partition coefficient (Wildman–Crippen LogP) is 2.51. The number of allylic oxidation sites excluding steroid dienone is 2. The number of fused-ring (bicyclic) bond motifs is 6. The molecule has 2 aliphatic heterocycles. The van der Waals surface area contributed by atoms with Crippen LogP contribution >= 0.6 is 0 Å². The van der Waals surface area contributed by atoms with E-state index in [-0.39, 0.29) is 29.7 Å². The van der Waals surface area contributed by atoms with Gasteiger partial charge in [-0.3, -0.25) is 4.90 Å². The van der Waals surface area contributed by atoms with Gasteiger partial charge in [0.05, 0.1) is 0 Å². The van der Waals surface area contributed by atoms with Gasteiger partial charge in [0.2, 0.25) is 0 Å². The molecule has 5 heteroatoms. The highest BCUT2D eigenvalue weighted by Crippen LogP contribution is 2.73. The maximum atomic E-state index is 16.0. The van der Waals surface area contributed by atoms with Gasteiger partial charge in [0.15, 0.2) is 11.3 Å². The summed E-state index contributed by atoms with van der Waals surface area (Å²) in [5.41, 5.74) is -3.47. The molecule has 3 fully saturated rings. The van der Waals surface area contributed by atoms with Gasteiger partial charge in [-0.2, -0.15) is 0 Å². The number of hydrogen-bond donors (Lipinski definition) is 0. The average molecular weight is 303 g/mol. The van der Waals surface area contributed by atoms with Crippen LogP contribution in [0.5, 0.6) is 0 Å². The Morgan fingerprint density at radius 3 is 2.42 bits per heavy atom. The summed E-state index contributed by atoms with van der Waals surface area (Å²) in [5.74, 6) is -0.517. The van der Waals surface area contributed by atoms with Crippen LogP contribution in [0.1, 0.15) is 27.2 Å². The van der Waals surface area contributed by atoms with Gasteiger partial charge < -0.3 is 0 Å². The second kappa shape index (κ2) is 3.30. The second-order valence-electron chi connectivity index (χ2n) is 6.77. The third-order valence-corrected chi connectivity index (χ3v) is 9.74. The minimum atomic E-state index is -1.76. The van der Waals surface area contributed by atoms with E-state index in [1.165, 1.54) is 0 Å². The van der Waals surface area contributed by atoms with E-state index in [0.29, 0.717) is 6.42 Å². The zero-order valence-corrected chi connectivity index (χ0v) is 13.0. The molecule has 1 nitrogen and oxygen atoms in total. The van der Waals surface area contributed by atoms with Crippen LogP contribution < -0.4 is 0 Å². The molecule has 1 saturated carbocycles. The number of rotatable bonds is 1. The highest BCUT2D eigenvalue weighted by atomic mass is 32.8. The maximum absolute atomic E-state index is 16.0. The Kier molecular flexibility index (Phi) is 2.23. The summed E-state index contributed by atoms with van der Waals surface area (Å²) in [6.07, 6.45) is 4.44. The third kappa shape index (κ3) is 1.02. The Morgan fingerprint density at radius 1 is 1.32 bits per heavy atom. The van der Waals surface area contributed by atoms with Gasteiger partial charge in [0.25, 0.3) is 0 Å². The van der Waals surface area contributed by atoms with Crippen molar-refractivity contribution in [3.05, 3.63) is 12.2 Å². The summed E-state index contributed by atoms with van der Waals surface area (Å²) >= 11 is 5.54. The fourth-order valence-corrected chi connectivity index (χ4v) is 8.80. The first-order valence-electron chi connectivity index (χ1n) is 7.05. The average Bonchev–Trinajstić information content (AvgIpc) is 2.78. The fraction of sp³-hybridized carbons (Fsp3) is 0.857. The molecule has 7 unspecified atom stereocenters. The van der Waals surface area contributed by atoms with Crippen molar-refractivity contribution < 1.29 is 8.78 Å². The van der Waals surface area contributed by atoms with Crippen molar-refractivity contribution in [2.45, 2.75) is 54.7 Å². The molecule has 19 heavy (non-hydrogen) atoms. The first kappa shape index (κ1) is 12.8. The molecule has 0 radical (unpaired) electrons. The molecule has 106 valence electrons. The van der Waals surface area contributed by atoms with Crippen LogP contribution in [0.25, 0.3) is 0 Å². The molecule has 0 N–H and O–H groups in total. The van der Waals surface area contributed by atoms with E-state index in [2.05, 4.69) is 4.90 Å². The Morgan fingerprint density at radius 2 is 1.89 bits per heavy atom. The van der Waals surface area contributed by atoms with E-state index in [4.69, 9.17) is 11.2 Å². The van der Waals surface area contributed by atoms with Gasteiger partial charge in [-0.15, -0.1) is 0 Å². The van der Waals surface area contributed by atoms with Gasteiger partial charge >= 0.3 is 0 Å². The highest BCUT2D eigenvalue weighted by Gasteiger charge is 2.89. The number of nitrogens with zero attached hydrogens (tertiary/aromatic N) is 1. The second-order valence-corrected chi connectivity index (χ2v) is 9.77. The minimum Gasteiger partial charge on any atom is -0.279 e. The Balaban J connectivity index is 1.93. The van der Waals surface area contributed by atoms with E-state index < -0.39 is 25.7 Å².